The molecular weight excluding hydrogens is 360 g/mol. The van der Waals surface area contributed by atoms with Crippen LogP contribution in [0.25, 0.3) is 0 Å². The molecule has 2 aromatic rings. The molecular formula is C27H37Cl. The van der Waals surface area contributed by atoms with Crippen molar-refractivity contribution < 1.29 is 0 Å². The first-order chi connectivity index (χ1) is 13.4. The van der Waals surface area contributed by atoms with Crippen molar-refractivity contribution in [2.75, 3.05) is 0 Å². The molecule has 0 bridgehead atoms. The van der Waals surface area contributed by atoms with Gasteiger partial charge in [0.15, 0.2) is 0 Å². The van der Waals surface area contributed by atoms with E-state index in [-0.39, 0.29) is 0 Å². The fourth-order valence-electron chi connectivity index (χ4n) is 2.31. The predicted molar refractivity (Wildman–Crippen MR) is 129 cm³/mol. The average Bonchev–Trinajstić information content (AvgIpc) is 2.69. The smallest absolute Gasteiger partial charge is 0.0334 e. The molecule has 0 spiro atoms. The SMILES string of the molecule is C=C(Cl)/C=C\C(C)=C/C(C)CC.CCCc1ccccc1.Cc1ccccc1. The van der Waals surface area contributed by atoms with Crippen LogP contribution in [0.3, 0.4) is 0 Å². The fraction of sp³-hybridized carbons (Fsp3) is 0.333. The average molecular weight is 397 g/mol. The maximum Gasteiger partial charge on any atom is 0.0334 e. The van der Waals surface area contributed by atoms with Crippen LogP contribution < -0.4 is 0 Å². The summed E-state index contributed by atoms with van der Waals surface area (Å²) in [6.07, 6.45) is 9.66. The maximum atomic E-state index is 5.58. The van der Waals surface area contributed by atoms with Gasteiger partial charge in [0.05, 0.1) is 0 Å². The zero-order valence-electron chi connectivity index (χ0n) is 18.3. The largest absolute Gasteiger partial charge is 0.0850 e. The van der Waals surface area contributed by atoms with Crippen molar-refractivity contribution in [3.63, 3.8) is 0 Å². The highest BCUT2D eigenvalue weighted by atomic mass is 35.5. The second-order valence-corrected chi connectivity index (χ2v) is 7.45. The van der Waals surface area contributed by atoms with E-state index in [9.17, 15) is 0 Å². The quantitative estimate of drug-likeness (QED) is 0.427. The lowest BCUT2D eigenvalue weighted by atomic mass is 10.1. The van der Waals surface area contributed by atoms with Gasteiger partial charge >= 0.3 is 0 Å². The van der Waals surface area contributed by atoms with Gasteiger partial charge in [-0.1, -0.05) is 136 Å². The minimum Gasteiger partial charge on any atom is -0.0850 e. The molecule has 0 aliphatic rings. The van der Waals surface area contributed by atoms with Crippen LogP contribution in [0.5, 0.6) is 0 Å². The van der Waals surface area contributed by atoms with E-state index >= 15 is 0 Å². The number of halogens is 1. The van der Waals surface area contributed by atoms with E-state index in [1.165, 1.54) is 36.0 Å². The number of rotatable bonds is 6. The standard InChI is InChI=1S/C11H17Cl.C9H12.C7H8/c1-5-9(2)8-10(3)6-7-11(4)12;1-2-6-9-7-4-3-5-8-9;1-7-5-3-2-4-6-7/h6-9H,4-5H2,1-3H3;3-5,7-8H,2,6H2,1H3;2-6H,1H3/b7-6-,10-8-;;. The van der Waals surface area contributed by atoms with E-state index < -0.39 is 0 Å². The van der Waals surface area contributed by atoms with Gasteiger partial charge in [-0.15, -0.1) is 0 Å². The summed E-state index contributed by atoms with van der Waals surface area (Å²) in [4.78, 5) is 0. The fourth-order valence-corrected chi connectivity index (χ4v) is 2.37. The Morgan fingerprint density at radius 3 is 1.89 bits per heavy atom. The van der Waals surface area contributed by atoms with Gasteiger partial charge in [0, 0.05) is 5.03 Å². The molecule has 0 fully saturated rings. The number of aryl methyl sites for hydroxylation is 2. The van der Waals surface area contributed by atoms with Crippen molar-refractivity contribution in [1.29, 1.82) is 0 Å². The second kappa shape index (κ2) is 17.1. The Kier molecular flexibility index (Phi) is 15.8. The normalized spacial score (nSPS) is 11.7. The zero-order chi connectivity index (χ0) is 21.2. The van der Waals surface area contributed by atoms with Crippen LogP contribution in [0.4, 0.5) is 0 Å². The van der Waals surface area contributed by atoms with Gasteiger partial charge in [-0.05, 0) is 37.8 Å². The monoisotopic (exact) mass is 396 g/mol. The molecule has 1 atom stereocenters. The predicted octanol–water partition coefficient (Wildman–Crippen LogP) is 8.92. The summed E-state index contributed by atoms with van der Waals surface area (Å²) < 4.78 is 0. The topological polar surface area (TPSA) is 0 Å². The minimum atomic E-state index is 0.576. The van der Waals surface area contributed by atoms with Crippen molar-refractivity contribution >= 4 is 11.6 Å². The molecule has 0 saturated heterocycles. The van der Waals surface area contributed by atoms with Crippen molar-refractivity contribution in [2.24, 2.45) is 5.92 Å². The van der Waals surface area contributed by atoms with Crippen molar-refractivity contribution in [1.82, 2.24) is 0 Å². The Labute approximate surface area is 178 Å². The first-order valence-electron chi connectivity index (χ1n) is 10.1. The first-order valence-corrected chi connectivity index (χ1v) is 10.5. The van der Waals surface area contributed by atoms with Crippen LogP contribution in [0.15, 0.2) is 96.1 Å². The molecule has 1 unspecified atom stereocenters. The maximum absolute atomic E-state index is 5.58. The summed E-state index contributed by atoms with van der Waals surface area (Å²) in [5.41, 5.74) is 4.01. The molecule has 0 saturated carbocycles. The molecule has 0 nitrogen and oxygen atoms in total. The van der Waals surface area contributed by atoms with Gasteiger partial charge in [0.2, 0.25) is 0 Å². The molecule has 0 aliphatic heterocycles. The lowest BCUT2D eigenvalue weighted by Crippen LogP contribution is -1.85. The molecule has 0 aliphatic carbocycles. The zero-order valence-corrected chi connectivity index (χ0v) is 19.0. The lowest BCUT2D eigenvalue weighted by Gasteiger charge is -2.01. The summed E-state index contributed by atoms with van der Waals surface area (Å²) in [7, 11) is 0. The van der Waals surface area contributed by atoms with Gasteiger partial charge < -0.3 is 0 Å². The van der Waals surface area contributed by atoms with Crippen LogP contribution in [-0.2, 0) is 6.42 Å². The van der Waals surface area contributed by atoms with Crippen molar-refractivity contribution in [3.8, 4) is 0 Å². The molecule has 2 rings (SSSR count). The van der Waals surface area contributed by atoms with Crippen LogP contribution >= 0.6 is 11.6 Å². The third-order valence-electron chi connectivity index (χ3n) is 4.04. The third-order valence-corrected chi connectivity index (χ3v) is 4.17. The Balaban J connectivity index is 0.000000404. The molecule has 0 aromatic heterocycles. The Morgan fingerprint density at radius 2 is 1.50 bits per heavy atom. The summed E-state index contributed by atoms with van der Waals surface area (Å²) >= 11 is 5.58. The van der Waals surface area contributed by atoms with Gasteiger partial charge in [-0.2, -0.15) is 0 Å². The third kappa shape index (κ3) is 16.1. The van der Waals surface area contributed by atoms with Crippen molar-refractivity contribution in [2.45, 2.75) is 53.9 Å². The van der Waals surface area contributed by atoms with Gasteiger partial charge in [0.25, 0.3) is 0 Å². The van der Waals surface area contributed by atoms with Gasteiger partial charge in [-0.25, -0.2) is 0 Å². The number of hydrogen-bond acceptors (Lipinski definition) is 0. The molecule has 0 heterocycles. The van der Waals surface area contributed by atoms with Crippen LogP contribution in [0.2, 0.25) is 0 Å². The van der Waals surface area contributed by atoms with Crippen LogP contribution in [-0.4, -0.2) is 0 Å². The second-order valence-electron chi connectivity index (χ2n) is 6.97. The highest BCUT2D eigenvalue weighted by Gasteiger charge is 1.92. The Hall–Kier alpha value is -2.05. The van der Waals surface area contributed by atoms with E-state index in [4.69, 9.17) is 11.6 Å². The van der Waals surface area contributed by atoms with E-state index in [1.54, 1.807) is 0 Å². The Bertz CT molecular complexity index is 681. The number of hydrogen-bond donors (Lipinski definition) is 0. The molecule has 0 amide bonds. The summed E-state index contributed by atoms with van der Waals surface area (Å²) in [5, 5.41) is 0.576. The molecule has 0 N–H and O–H groups in total. The number of benzene rings is 2. The van der Waals surface area contributed by atoms with Gasteiger partial charge in [-0.3, -0.25) is 0 Å². The van der Waals surface area contributed by atoms with Crippen LogP contribution in [0, 0.1) is 12.8 Å². The molecule has 1 heteroatoms. The summed E-state index contributed by atoms with van der Waals surface area (Å²) in [6.45, 7) is 14.3. The summed E-state index contributed by atoms with van der Waals surface area (Å²) in [5.74, 6) is 0.637. The Morgan fingerprint density at radius 1 is 0.964 bits per heavy atom. The number of allylic oxidation sites excluding steroid dienone is 5. The molecule has 152 valence electrons. The minimum absolute atomic E-state index is 0.576. The van der Waals surface area contributed by atoms with E-state index in [2.05, 4.69) is 89.7 Å². The molecule has 2 aromatic carbocycles. The van der Waals surface area contributed by atoms with Crippen molar-refractivity contribution in [3.05, 3.63) is 107 Å². The van der Waals surface area contributed by atoms with Gasteiger partial charge in [0.1, 0.15) is 0 Å². The summed E-state index contributed by atoms with van der Waals surface area (Å²) in [6, 6.07) is 20.8. The van der Waals surface area contributed by atoms with E-state index in [1.807, 2.05) is 30.4 Å². The highest BCUT2D eigenvalue weighted by Crippen LogP contribution is 2.09. The first kappa shape index (κ1) is 26.0. The molecule has 0 radical (unpaired) electrons. The molecule has 28 heavy (non-hydrogen) atoms. The van der Waals surface area contributed by atoms with E-state index in [0.717, 1.165) is 0 Å². The van der Waals surface area contributed by atoms with E-state index in [0.29, 0.717) is 11.0 Å². The highest BCUT2D eigenvalue weighted by molar-refractivity contribution is 6.30. The van der Waals surface area contributed by atoms with Crippen LogP contribution in [0.1, 0.15) is 51.7 Å². The lowest BCUT2D eigenvalue weighted by molar-refractivity contribution is 0.694.